The van der Waals surface area contributed by atoms with Crippen molar-refractivity contribution < 1.29 is 9.53 Å². The van der Waals surface area contributed by atoms with Crippen LogP contribution >= 0.6 is 11.3 Å². The maximum Gasteiger partial charge on any atom is 0.251 e. The molecule has 1 amide bonds. The monoisotopic (exact) mass is 432 g/mol. The van der Waals surface area contributed by atoms with E-state index < -0.39 is 0 Å². The molecule has 2 N–H and O–H groups in total. The van der Waals surface area contributed by atoms with E-state index in [-0.39, 0.29) is 11.9 Å². The number of fused-ring (bicyclic) bond motifs is 1. The number of H-pyrrole nitrogens is 1. The largest absolute Gasteiger partial charge is 0.378 e. The first-order valence-corrected chi connectivity index (χ1v) is 11.3. The minimum Gasteiger partial charge on any atom is -0.378 e. The van der Waals surface area contributed by atoms with Crippen LogP contribution in [0.1, 0.15) is 28.2 Å². The summed E-state index contributed by atoms with van der Waals surface area (Å²) in [6.45, 7) is 5.35. The summed E-state index contributed by atoms with van der Waals surface area (Å²) >= 11 is 1.64. The average molecular weight is 433 g/mol. The van der Waals surface area contributed by atoms with Gasteiger partial charge in [0.25, 0.3) is 5.91 Å². The third-order valence-corrected chi connectivity index (χ3v) is 6.71. The average Bonchev–Trinajstić information content (AvgIpc) is 3.50. The van der Waals surface area contributed by atoms with Crippen LogP contribution in [-0.2, 0) is 4.74 Å². The SMILES string of the molecule is C[C@@H](NC(=O)c1ccc2[nH]nc(-c3ccc(N4CCOCC4)cc3)c2c1)c1cccs1. The molecule has 1 fully saturated rings. The van der Waals surface area contributed by atoms with Gasteiger partial charge in [-0.1, -0.05) is 18.2 Å². The number of nitrogens with zero attached hydrogens (tertiary/aromatic N) is 2. The summed E-state index contributed by atoms with van der Waals surface area (Å²) in [6, 6.07) is 18.1. The maximum atomic E-state index is 12.8. The predicted octanol–water partition coefficient (Wildman–Crippen LogP) is 4.62. The number of nitrogens with one attached hydrogen (secondary N) is 2. The van der Waals surface area contributed by atoms with Gasteiger partial charge >= 0.3 is 0 Å². The molecule has 3 heterocycles. The van der Waals surface area contributed by atoms with Gasteiger partial charge < -0.3 is 15.0 Å². The Bertz CT molecular complexity index is 1180. The minimum atomic E-state index is -0.0855. The number of carbonyl (C=O) groups excluding carboxylic acids is 1. The van der Waals surface area contributed by atoms with Gasteiger partial charge in [0.05, 0.1) is 30.5 Å². The lowest BCUT2D eigenvalue weighted by atomic mass is 10.0. The molecule has 0 saturated carbocycles. The number of rotatable bonds is 5. The zero-order valence-electron chi connectivity index (χ0n) is 17.3. The molecule has 0 aliphatic carbocycles. The zero-order chi connectivity index (χ0) is 21.2. The van der Waals surface area contributed by atoms with Crippen molar-refractivity contribution in [2.75, 3.05) is 31.2 Å². The van der Waals surface area contributed by atoms with Gasteiger partial charge in [0.1, 0.15) is 0 Å². The number of morpholine rings is 1. The highest BCUT2D eigenvalue weighted by atomic mass is 32.1. The second kappa shape index (κ2) is 8.53. The van der Waals surface area contributed by atoms with Crippen LogP contribution in [0.25, 0.3) is 22.2 Å². The molecule has 1 saturated heterocycles. The van der Waals surface area contributed by atoms with E-state index in [0.29, 0.717) is 5.56 Å². The second-order valence-electron chi connectivity index (χ2n) is 7.69. The van der Waals surface area contributed by atoms with Crippen molar-refractivity contribution in [2.45, 2.75) is 13.0 Å². The lowest BCUT2D eigenvalue weighted by molar-refractivity contribution is 0.0940. The normalized spacial score (nSPS) is 15.2. The summed E-state index contributed by atoms with van der Waals surface area (Å²) in [5.41, 5.74) is 4.60. The van der Waals surface area contributed by atoms with Crippen LogP contribution in [-0.4, -0.2) is 42.4 Å². The van der Waals surface area contributed by atoms with Crippen LogP contribution in [0.15, 0.2) is 60.0 Å². The van der Waals surface area contributed by atoms with Crippen LogP contribution in [0, 0.1) is 0 Å². The Hall–Kier alpha value is -3.16. The van der Waals surface area contributed by atoms with Gasteiger partial charge in [-0.2, -0.15) is 5.10 Å². The summed E-state index contributed by atoms with van der Waals surface area (Å²) < 4.78 is 5.44. The molecule has 0 bridgehead atoms. The van der Waals surface area contributed by atoms with Crippen molar-refractivity contribution in [3.8, 4) is 11.3 Å². The van der Waals surface area contributed by atoms with E-state index in [1.54, 1.807) is 11.3 Å². The van der Waals surface area contributed by atoms with E-state index in [9.17, 15) is 4.79 Å². The molecule has 7 heteroatoms. The fourth-order valence-corrected chi connectivity index (χ4v) is 4.65. The number of amides is 1. The van der Waals surface area contributed by atoms with Crippen LogP contribution in [0.4, 0.5) is 5.69 Å². The Balaban J connectivity index is 1.39. The van der Waals surface area contributed by atoms with Crippen molar-refractivity contribution in [3.05, 3.63) is 70.4 Å². The number of aromatic nitrogens is 2. The summed E-state index contributed by atoms with van der Waals surface area (Å²) in [6.07, 6.45) is 0. The van der Waals surface area contributed by atoms with Gasteiger partial charge in [0.2, 0.25) is 0 Å². The molecular weight excluding hydrogens is 408 g/mol. The van der Waals surface area contributed by atoms with E-state index in [4.69, 9.17) is 4.74 Å². The van der Waals surface area contributed by atoms with Gasteiger partial charge in [-0.15, -0.1) is 11.3 Å². The highest BCUT2D eigenvalue weighted by Gasteiger charge is 2.16. The van der Waals surface area contributed by atoms with Gasteiger partial charge in [-0.3, -0.25) is 9.89 Å². The zero-order valence-corrected chi connectivity index (χ0v) is 18.1. The molecule has 1 atom stereocenters. The van der Waals surface area contributed by atoms with Gasteiger partial charge in [-0.25, -0.2) is 0 Å². The van der Waals surface area contributed by atoms with Crippen LogP contribution in [0.5, 0.6) is 0 Å². The number of aromatic amines is 1. The summed E-state index contributed by atoms with van der Waals surface area (Å²) in [5, 5.41) is 13.7. The predicted molar refractivity (Wildman–Crippen MR) is 125 cm³/mol. The Morgan fingerprint density at radius 1 is 1.16 bits per heavy atom. The van der Waals surface area contributed by atoms with Crippen LogP contribution in [0.2, 0.25) is 0 Å². The van der Waals surface area contributed by atoms with Crippen molar-refractivity contribution in [1.82, 2.24) is 15.5 Å². The number of ether oxygens (including phenoxy) is 1. The fraction of sp³-hybridized carbons (Fsp3) is 0.250. The molecule has 1 aliphatic heterocycles. The first-order valence-electron chi connectivity index (χ1n) is 10.4. The molecule has 2 aromatic heterocycles. The van der Waals surface area contributed by atoms with Gasteiger partial charge in [-0.05, 0) is 48.7 Å². The number of anilines is 1. The lowest BCUT2D eigenvalue weighted by Crippen LogP contribution is -2.36. The summed E-state index contributed by atoms with van der Waals surface area (Å²) in [7, 11) is 0. The molecule has 2 aromatic carbocycles. The number of thiophene rings is 1. The summed E-state index contributed by atoms with van der Waals surface area (Å²) in [4.78, 5) is 16.3. The molecule has 1 aliphatic rings. The highest BCUT2D eigenvalue weighted by molar-refractivity contribution is 7.10. The van der Waals surface area contributed by atoms with E-state index in [1.807, 2.05) is 42.6 Å². The Morgan fingerprint density at radius 3 is 2.71 bits per heavy atom. The van der Waals surface area contributed by atoms with Crippen LogP contribution < -0.4 is 10.2 Å². The summed E-state index contributed by atoms with van der Waals surface area (Å²) in [5.74, 6) is -0.0855. The van der Waals surface area contributed by atoms with E-state index in [1.165, 1.54) is 5.69 Å². The molecule has 6 nitrogen and oxygen atoms in total. The molecule has 0 unspecified atom stereocenters. The first-order chi connectivity index (χ1) is 15.2. The molecule has 4 aromatic rings. The van der Waals surface area contributed by atoms with Gasteiger partial charge in [0, 0.05) is 40.2 Å². The number of hydrogen-bond donors (Lipinski definition) is 2. The third kappa shape index (κ3) is 4.06. The molecule has 0 radical (unpaired) electrons. The van der Waals surface area contributed by atoms with E-state index in [2.05, 4.69) is 44.7 Å². The van der Waals surface area contributed by atoms with E-state index >= 15 is 0 Å². The topological polar surface area (TPSA) is 70.2 Å². The molecule has 31 heavy (non-hydrogen) atoms. The molecular formula is C24H24N4O2S. The quantitative estimate of drug-likeness (QED) is 0.483. The van der Waals surface area contributed by atoms with Crippen molar-refractivity contribution in [3.63, 3.8) is 0 Å². The Kier molecular flexibility index (Phi) is 5.44. The third-order valence-electron chi connectivity index (χ3n) is 5.66. The molecule has 0 spiro atoms. The van der Waals surface area contributed by atoms with Crippen molar-refractivity contribution in [2.24, 2.45) is 0 Å². The second-order valence-corrected chi connectivity index (χ2v) is 8.67. The number of benzene rings is 2. The molecule has 158 valence electrons. The van der Waals surface area contributed by atoms with Crippen molar-refractivity contribution >= 4 is 33.8 Å². The smallest absolute Gasteiger partial charge is 0.251 e. The Morgan fingerprint density at radius 2 is 1.97 bits per heavy atom. The minimum absolute atomic E-state index is 0.0280. The van der Waals surface area contributed by atoms with E-state index in [0.717, 1.165) is 53.3 Å². The first kappa shape index (κ1) is 19.8. The fourth-order valence-electron chi connectivity index (χ4n) is 3.92. The maximum absolute atomic E-state index is 12.8. The highest BCUT2D eigenvalue weighted by Crippen LogP contribution is 2.29. The van der Waals surface area contributed by atoms with Crippen molar-refractivity contribution in [1.29, 1.82) is 0 Å². The number of hydrogen-bond acceptors (Lipinski definition) is 5. The molecule has 5 rings (SSSR count). The Labute approximate surface area is 184 Å². The standard InChI is InChI=1S/C24H24N4O2S/c1-16(22-3-2-14-31-22)25-24(29)18-6-9-21-20(15-18)23(27-26-21)17-4-7-19(8-5-17)28-10-12-30-13-11-28/h2-9,14-16H,10-13H2,1H3,(H,25,29)(H,26,27)/t16-/m1/s1. The van der Waals surface area contributed by atoms with Gasteiger partial charge in [0.15, 0.2) is 0 Å². The lowest BCUT2D eigenvalue weighted by Gasteiger charge is -2.28. The number of carbonyl (C=O) groups is 1. The van der Waals surface area contributed by atoms with Crippen LogP contribution in [0.3, 0.4) is 0 Å².